The van der Waals surface area contributed by atoms with Crippen LogP contribution in [0.15, 0.2) is 82.0 Å². The predicted molar refractivity (Wildman–Crippen MR) is 85.8 cm³/mol. The molecule has 21 heavy (non-hydrogen) atoms. The Kier molecular flexibility index (Phi) is 3.79. The molecule has 0 saturated heterocycles. The van der Waals surface area contributed by atoms with E-state index in [1.54, 1.807) is 0 Å². The molecule has 2 nitrogen and oxygen atoms in total. The summed E-state index contributed by atoms with van der Waals surface area (Å²) in [4.78, 5) is 11.8. The minimum absolute atomic E-state index is 0.0622. The van der Waals surface area contributed by atoms with Gasteiger partial charge in [0.15, 0.2) is 5.43 Å². The summed E-state index contributed by atoms with van der Waals surface area (Å²) in [6.07, 6.45) is 3.73. The zero-order valence-corrected chi connectivity index (χ0v) is 11.4. The van der Waals surface area contributed by atoms with E-state index in [9.17, 15) is 4.79 Å². The molecule has 1 heterocycles. The van der Waals surface area contributed by atoms with E-state index < -0.39 is 0 Å². The molecule has 0 N–H and O–H groups in total. The highest BCUT2D eigenvalue weighted by Gasteiger charge is 2.02. The van der Waals surface area contributed by atoms with Crippen molar-refractivity contribution in [3.05, 3.63) is 94.3 Å². The van der Waals surface area contributed by atoms with Gasteiger partial charge in [0.1, 0.15) is 11.5 Å². The predicted octanol–water partition coefficient (Wildman–Crippen LogP) is 4.48. The first-order valence-corrected chi connectivity index (χ1v) is 6.75. The van der Waals surface area contributed by atoms with Crippen molar-refractivity contribution >= 4 is 12.2 Å². The topological polar surface area (TPSA) is 30.2 Å². The summed E-state index contributed by atoms with van der Waals surface area (Å²) in [6.45, 7) is 0. The van der Waals surface area contributed by atoms with Gasteiger partial charge in [0.05, 0.1) is 0 Å². The summed E-state index contributed by atoms with van der Waals surface area (Å²) in [7, 11) is 0. The van der Waals surface area contributed by atoms with Crippen LogP contribution in [0.25, 0.3) is 23.5 Å². The molecule has 0 radical (unpaired) electrons. The van der Waals surface area contributed by atoms with Gasteiger partial charge in [-0.1, -0.05) is 66.7 Å². The number of rotatable bonds is 3. The Balaban J connectivity index is 1.95. The molecule has 0 atom stereocenters. The number of benzene rings is 2. The van der Waals surface area contributed by atoms with Crippen LogP contribution in [0.3, 0.4) is 0 Å². The average Bonchev–Trinajstić information content (AvgIpc) is 2.54. The van der Waals surface area contributed by atoms with Crippen molar-refractivity contribution in [1.82, 2.24) is 0 Å². The second-order valence-electron chi connectivity index (χ2n) is 4.67. The molecule has 0 saturated carbocycles. The first-order valence-electron chi connectivity index (χ1n) is 6.75. The van der Waals surface area contributed by atoms with Gasteiger partial charge in [0, 0.05) is 17.7 Å². The Hall–Kier alpha value is -2.87. The maximum atomic E-state index is 11.8. The molecule has 0 bridgehead atoms. The van der Waals surface area contributed by atoms with Crippen LogP contribution < -0.4 is 5.43 Å². The quantitative estimate of drug-likeness (QED) is 0.705. The van der Waals surface area contributed by atoms with E-state index in [1.807, 2.05) is 72.8 Å². The molecular weight excluding hydrogens is 260 g/mol. The molecule has 1 aromatic heterocycles. The lowest BCUT2D eigenvalue weighted by atomic mass is 10.1. The molecule has 0 aliphatic carbocycles. The Labute approximate surface area is 123 Å². The molecule has 102 valence electrons. The van der Waals surface area contributed by atoms with E-state index in [0.29, 0.717) is 11.5 Å². The molecule has 0 aliphatic rings. The van der Waals surface area contributed by atoms with Gasteiger partial charge >= 0.3 is 0 Å². The Morgan fingerprint density at radius 1 is 0.762 bits per heavy atom. The van der Waals surface area contributed by atoms with Crippen molar-refractivity contribution in [2.24, 2.45) is 0 Å². The van der Waals surface area contributed by atoms with Gasteiger partial charge in [-0.2, -0.15) is 0 Å². The zero-order valence-electron chi connectivity index (χ0n) is 11.4. The highest BCUT2D eigenvalue weighted by Crippen LogP contribution is 2.19. The third-order valence-electron chi connectivity index (χ3n) is 3.08. The highest BCUT2D eigenvalue weighted by atomic mass is 16.3. The van der Waals surface area contributed by atoms with E-state index in [2.05, 4.69) is 0 Å². The van der Waals surface area contributed by atoms with Gasteiger partial charge in [-0.05, 0) is 11.6 Å². The first-order chi connectivity index (χ1) is 10.3. The third kappa shape index (κ3) is 3.37. The van der Waals surface area contributed by atoms with Crippen LogP contribution in [-0.2, 0) is 0 Å². The van der Waals surface area contributed by atoms with Crippen LogP contribution in [0.5, 0.6) is 0 Å². The van der Waals surface area contributed by atoms with Crippen LogP contribution >= 0.6 is 0 Å². The van der Waals surface area contributed by atoms with Crippen LogP contribution in [0, 0.1) is 0 Å². The van der Waals surface area contributed by atoms with Crippen LogP contribution in [0.2, 0.25) is 0 Å². The summed E-state index contributed by atoms with van der Waals surface area (Å²) < 4.78 is 5.78. The van der Waals surface area contributed by atoms with Crippen molar-refractivity contribution in [2.75, 3.05) is 0 Å². The lowest BCUT2D eigenvalue weighted by Gasteiger charge is -2.01. The first kappa shape index (κ1) is 13.1. The number of hydrogen-bond acceptors (Lipinski definition) is 2. The van der Waals surface area contributed by atoms with Crippen LogP contribution in [0.4, 0.5) is 0 Å². The summed E-state index contributed by atoms with van der Waals surface area (Å²) in [6, 6.07) is 22.5. The molecule has 2 aromatic carbocycles. The van der Waals surface area contributed by atoms with Gasteiger partial charge in [-0.15, -0.1) is 0 Å². The minimum Gasteiger partial charge on any atom is -0.456 e. The molecule has 0 spiro atoms. The molecule has 3 aromatic rings. The summed E-state index contributed by atoms with van der Waals surface area (Å²) in [5.74, 6) is 1.13. The van der Waals surface area contributed by atoms with Crippen molar-refractivity contribution in [3.8, 4) is 11.3 Å². The summed E-state index contributed by atoms with van der Waals surface area (Å²) >= 11 is 0. The van der Waals surface area contributed by atoms with E-state index in [4.69, 9.17) is 4.42 Å². The summed E-state index contributed by atoms with van der Waals surface area (Å²) in [5.41, 5.74) is 1.89. The van der Waals surface area contributed by atoms with Gasteiger partial charge < -0.3 is 4.42 Å². The maximum absolute atomic E-state index is 11.8. The van der Waals surface area contributed by atoms with Crippen molar-refractivity contribution in [1.29, 1.82) is 0 Å². The second-order valence-corrected chi connectivity index (χ2v) is 4.67. The van der Waals surface area contributed by atoms with Gasteiger partial charge in [-0.3, -0.25) is 4.79 Å². The van der Waals surface area contributed by atoms with E-state index in [0.717, 1.165) is 11.1 Å². The number of hydrogen-bond donors (Lipinski definition) is 0. The summed E-state index contributed by atoms with van der Waals surface area (Å²) in [5, 5.41) is 0. The fourth-order valence-electron chi connectivity index (χ4n) is 2.07. The maximum Gasteiger partial charge on any atom is 0.186 e. The van der Waals surface area contributed by atoms with Gasteiger partial charge in [-0.25, -0.2) is 0 Å². The van der Waals surface area contributed by atoms with Gasteiger partial charge in [0.25, 0.3) is 0 Å². The molecule has 0 aliphatic heterocycles. The van der Waals surface area contributed by atoms with Crippen LogP contribution in [0.1, 0.15) is 11.3 Å². The average molecular weight is 274 g/mol. The largest absolute Gasteiger partial charge is 0.456 e. The lowest BCUT2D eigenvalue weighted by molar-refractivity contribution is 0.554. The molecule has 0 unspecified atom stereocenters. The Morgan fingerprint density at radius 3 is 2.14 bits per heavy atom. The lowest BCUT2D eigenvalue weighted by Crippen LogP contribution is -1.98. The highest BCUT2D eigenvalue weighted by molar-refractivity contribution is 5.68. The fraction of sp³-hybridized carbons (Fsp3) is 0. The third-order valence-corrected chi connectivity index (χ3v) is 3.08. The molecule has 0 fully saturated rings. The molecule has 0 amide bonds. The fourth-order valence-corrected chi connectivity index (χ4v) is 2.07. The van der Waals surface area contributed by atoms with Crippen molar-refractivity contribution in [3.63, 3.8) is 0 Å². The minimum atomic E-state index is -0.0622. The molecule has 2 heteroatoms. The van der Waals surface area contributed by atoms with Crippen LogP contribution in [-0.4, -0.2) is 0 Å². The van der Waals surface area contributed by atoms with Crippen molar-refractivity contribution in [2.45, 2.75) is 0 Å². The second kappa shape index (κ2) is 6.06. The SMILES string of the molecule is O=c1cc(/C=C\c2ccccc2)oc(-c2ccccc2)c1. The van der Waals surface area contributed by atoms with E-state index in [-0.39, 0.29) is 5.43 Å². The Bertz CT molecular complexity index is 800. The van der Waals surface area contributed by atoms with E-state index in [1.165, 1.54) is 12.1 Å². The van der Waals surface area contributed by atoms with Crippen molar-refractivity contribution < 1.29 is 4.42 Å². The molecular formula is C19H14O2. The Morgan fingerprint density at radius 2 is 1.43 bits per heavy atom. The smallest absolute Gasteiger partial charge is 0.186 e. The standard InChI is InChI=1S/C19H14O2/c20-17-13-18(12-11-15-7-3-1-4-8-15)21-19(14-17)16-9-5-2-6-10-16/h1-14H/b12-11-. The van der Waals surface area contributed by atoms with Gasteiger partial charge in [0.2, 0.25) is 0 Å². The van der Waals surface area contributed by atoms with E-state index >= 15 is 0 Å². The monoisotopic (exact) mass is 274 g/mol. The zero-order chi connectivity index (χ0) is 14.5. The normalized spacial score (nSPS) is 10.9. The molecule has 3 rings (SSSR count).